The maximum atomic E-state index is 12.6. The number of aromatic nitrogens is 5. The topological polar surface area (TPSA) is 77.6 Å². The van der Waals surface area contributed by atoms with Gasteiger partial charge < -0.3 is 5.32 Å². The first kappa shape index (κ1) is 18.6. The summed E-state index contributed by atoms with van der Waals surface area (Å²) in [6, 6.07) is 18.0. The molecular formula is C22H22N6O. The lowest BCUT2D eigenvalue weighted by molar-refractivity contribution is 0.0945. The highest BCUT2D eigenvalue weighted by molar-refractivity contribution is 5.93. The van der Waals surface area contributed by atoms with E-state index < -0.39 is 0 Å². The van der Waals surface area contributed by atoms with Crippen LogP contribution < -0.4 is 5.32 Å². The van der Waals surface area contributed by atoms with Crippen molar-refractivity contribution >= 4 is 5.91 Å². The van der Waals surface area contributed by atoms with Gasteiger partial charge in [-0.1, -0.05) is 53.2 Å². The fourth-order valence-electron chi connectivity index (χ4n) is 3.09. The number of nitrogens with one attached hydrogen (secondary N) is 1. The van der Waals surface area contributed by atoms with Crippen molar-refractivity contribution in [3.8, 4) is 5.69 Å². The molecule has 2 aromatic heterocycles. The van der Waals surface area contributed by atoms with Crippen LogP contribution in [0.5, 0.6) is 0 Å². The first-order chi connectivity index (χ1) is 14.1. The SMILES string of the molecule is Cc1ccc(-n2nnc(C(=O)NCc3cnn(Cc4ccccc4)c3)c2C)cc1. The molecule has 146 valence electrons. The molecule has 0 atom stereocenters. The van der Waals surface area contributed by atoms with Crippen molar-refractivity contribution in [2.24, 2.45) is 0 Å². The lowest BCUT2D eigenvalue weighted by atomic mass is 10.2. The number of nitrogens with zero attached hydrogens (tertiary/aromatic N) is 5. The minimum absolute atomic E-state index is 0.253. The molecule has 0 aliphatic carbocycles. The van der Waals surface area contributed by atoms with Crippen molar-refractivity contribution in [3.63, 3.8) is 0 Å². The van der Waals surface area contributed by atoms with E-state index in [-0.39, 0.29) is 5.91 Å². The van der Waals surface area contributed by atoms with Gasteiger partial charge in [-0.2, -0.15) is 5.10 Å². The van der Waals surface area contributed by atoms with Gasteiger partial charge in [-0.25, -0.2) is 4.68 Å². The van der Waals surface area contributed by atoms with Crippen LogP contribution in [-0.2, 0) is 13.1 Å². The minimum Gasteiger partial charge on any atom is -0.346 e. The van der Waals surface area contributed by atoms with Crippen LogP contribution in [0.25, 0.3) is 5.69 Å². The largest absolute Gasteiger partial charge is 0.346 e. The average molecular weight is 386 g/mol. The summed E-state index contributed by atoms with van der Waals surface area (Å²) in [6.45, 7) is 4.94. The van der Waals surface area contributed by atoms with Gasteiger partial charge >= 0.3 is 0 Å². The Labute approximate surface area is 169 Å². The fourth-order valence-corrected chi connectivity index (χ4v) is 3.09. The second-order valence-electron chi connectivity index (χ2n) is 6.99. The van der Waals surface area contributed by atoms with E-state index in [9.17, 15) is 4.79 Å². The van der Waals surface area contributed by atoms with E-state index in [1.807, 2.05) is 67.2 Å². The van der Waals surface area contributed by atoms with E-state index >= 15 is 0 Å². The van der Waals surface area contributed by atoms with Crippen LogP contribution in [-0.4, -0.2) is 30.7 Å². The molecular weight excluding hydrogens is 364 g/mol. The summed E-state index contributed by atoms with van der Waals surface area (Å²) in [7, 11) is 0. The molecule has 4 aromatic rings. The van der Waals surface area contributed by atoms with E-state index in [1.165, 1.54) is 5.56 Å². The smallest absolute Gasteiger partial charge is 0.274 e. The van der Waals surface area contributed by atoms with Gasteiger partial charge in [-0.3, -0.25) is 9.48 Å². The van der Waals surface area contributed by atoms with Crippen molar-refractivity contribution in [3.05, 3.63) is 95.1 Å². The van der Waals surface area contributed by atoms with Crippen molar-refractivity contribution in [1.29, 1.82) is 0 Å². The van der Waals surface area contributed by atoms with E-state index in [0.29, 0.717) is 24.5 Å². The normalized spacial score (nSPS) is 10.8. The van der Waals surface area contributed by atoms with Crippen molar-refractivity contribution < 1.29 is 4.79 Å². The summed E-state index contributed by atoms with van der Waals surface area (Å²) in [4.78, 5) is 12.6. The molecule has 4 rings (SSSR count). The quantitative estimate of drug-likeness (QED) is 0.552. The molecule has 0 fully saturated rings. The standard InChI is InChI=1S/C22H22N6O/c1-16-8-10-20(11-9-16)28-17(2)21(25-26-28)22(29)23-12-19-13-24-27(15-19)14-18-6-4-3-5-7-18/h3-11,13,15H,12,14H2,1-2H3,(H,23,29). The van der Waals surface area contributed by atoms with Crippen molar-refractivity contribution in [1.82, 2.24) is 30.1 Å². The highest BCUT2D eigenvalue weighted by atomic mass is 16.2. The third kappa shape index (κ3) is 4.24. The Morgan fingerprint density at radius 1 is 1.00 bits per heavy atom. The summed E-state index contributed by atoms with van der Waals surface area (Å²) >= 11 is 0. The van der Waals surface area contributed by atoms with Crippen LogP contribution >= 0.6 is 0 Å². The van der Waals surface area contributed by atoms with Gasteiger partial charge in [0, 0.05) is 18.3 Å². The second-order valence-corrected chi connectivity index (χ2v) is 6.99. The molecule has 0 radical (unpaired) electrons. The molecule has 1 N–H and O–H groups in total. The second kappa shape index (κ2) is 8.10. The molecule has 0 unspecified atom stereocenters. The number of hydrogen-bond donors (Lipinski definition) is 1. The predicted molar refractivity (Wildman–Crippen MR) is 110 cm³/mol. The molecule has 0 spiro atoms. The van der Waals surface area contributed by atoms with Crippen LogP contribution in [0.15, 0.2) is 67.0 Å². The van der Waals surface area contributed by atoms with Crippen LogP contribution in [0.4, 0.5) is 0 Å². The molecule has 7 nitrogen and oxygen atoms in total. The van der Waals surface area contributed by atoms with E-state index in [0.717, 1.165) is 16.8 Å². The molecule has 29 heavy (non-hydrogen) atoms. The summed E-state index contributed by atoms with van der Waals surface area (Å²) in [5.41, 5.74) is 5.17. The number of rotatable bonds is 6. The molecule has 1 amide bonds. The van der Waals surface area contributed by atoms with Gasteiger partial charge in [0.15, 0.2) is 5.69 Å². The zero-order chi connectivity index (χ0) is 20.2. The summed E-state index contributed by atoms with van der Waals surface area (Å²) in [5.74, 6) is -0.253. The number of amides is 1. The minimum atomic E-state index is -0.253. The van der Waals surface area contributed by atoms with E-state index in [4.69, 9.17) is 0 Å². The zero-order valence-electron chi connectivity index (χ0n) is 16.4. The van der Waals surface area contributed by atoms with Gasteiger partial charge in [0.1, 0.15) is 0 Å². The van der Waals surface area contributed by atoms with E-state index in [1.54, 1.807) is 10.9 Å². The third-order valence-corrected chi connectivity index (χ3v) is 4.72. The fraction of sp³-hybridized carbons (Fsp3) is 0.182. The first-order valence-corrected chi connectivity index (χ1v) is 9.43. The Kier molecular flexibility index (Phi) is 5.20. The average Bonchev–Trinajstić information content (AvgIpc) is 3.34. The lowest BCUT2D eigenvalue weighted by Gasteiger charge is -2.05. The molecule has 0 saturated carbocycles. The Balaban J connectivity index is 1.40. The molecule has 0 aliphatic rings. The molecule has 0 bridgehead atoms. The van der Waals surface area contributed by atoms with Crippen LogP contribution in [0.2, 0.25) is 0 Å². The Morgan fingerprint density at radius 2 is 1.76 bits per heavy atom. The molecule has 0 aliphatic heterocycles. The molecule has 2 aromatic carbocycles. The van der Waals surface area contributed by atoms with Gasteiger partial charge in [0.25, 0.3) is 5.91 Å². The third-order valence-electron chi connectivity index (χ3n) is 4.72. The highest BCUT2D eigenvalue weighted by Gasteiger charge is 2.17. The van der Waals surface area contributed by atoms with Gasteiger partial charge in [0.2, 0.25) is 0 Å². The number of aryl methyl sites for hydroxylation is 1. The highest BCUT2D eigenvalue weighted by Crippen LogP contribution is 2.13. The maximum absolute atomic E-state index is 12.6. The van der Waals surface area contributed by atoms with Gasteiger partial charge in [-0.15, -0.1) is 5.10 Å². The Hall–Kier alpha value is -3.74. The molecule has 7 heteroatoms. The Morgan fingerprint density at radius 3 is 2.52 bits per heavy atom. The van der Waals surface area contributed by atoms with Crippen LogP contribution in [0.3, 0.4) is 0 Å². The van der Waals surface area contributed by atoms with E-state index in [2.05, 4.69) is 32.9 Å². The Bertz CT molecular complexity index is 1110. The molecule has 0 saturated heterocycles. The van der Waals surface area contributed by atoms with Gasteiger partial charge in [0.05, 0.1) is 24.1 Å². The number of benzene rings is 2. The first-order valence-electron chi connectivity index (χ1n) is 9.43. The maximum Gasteiger partial charge on any atom is 0.274 e. The number of hydrogen-bond acceptors (Lipinski definition) is 4. The van der Waals surface area contributed by atoms with Crippen molar-refractivity contribution in [2.45, 2.75) is 26.9 Å². The number of carbonyl (C=O) groups excluding carboxylic acids is 1. The monoisotopic (exact) mass is 386 g/mol. The lowest BCUT2D eigenvalue weighted by Crippen LogP contribution is -2.24. The molecule has 2 heterocycles. The van der Waals surface area contributed by atoms with Crippen LogP contribution in [0.1, 0.15) is 32.9 Å². The summed E-state index contributed by atoms with van der Waals surface area (Å²) in [6.07, 6.45) is 3.70. The number of carbonyl (C=O) groups is 1. The zero-order valence-corrected chi connectivity index (χ0v) is 16.4. The van der Waals surface area contributed by atoms with Crippen molar-refractivity contribution in [2.75, 3.05) is 0 Å². The summed E-state index contributed by atoms with van der Waals surface area (Å²) in [5, 5.41) is 15.5. The predicted octanol–water partition coefficient (Wildman–Crippen LogP) is 3.06. The van der Waals surface area contributed by atoms with Crippen LogP contribution in [0, 0.1) is 13.8 Å². The summed E-state index contributed by atoms with van der Waals surface area (Å²) < 4.78 is 3.53. The van der Waals surface area contributed by atoms with Gasteiger partial charge in [-0.05, 0) is 31.5 Å².